The minimum Gasteiger partial charge on any atom is -0.352 e. The summed E-state index contributed by atoms with van der Waals surface area (Å²) in [6, 6.07) is 4.69. The van der Waals surface area contributed by atoms with Gasteiger partial charge in [0.2, 0.25) is 0 Å². The molecule has 1 aromatic rings. The lowest BCUT2D eigenvalue weighted by atomic mass is 10.1. The van der Waals surface area contributed by atoms with Crippen LogP contribution in [0.2, 0.25) is 10.0 Å². The number of carbonyl (C=O) groups excluding carboxylic acids is 1. The zero-order valence-corrected chi connectivity index (χ0v) is 13.1. The van der Waals surface area contributed by atoms with Crippen molar-refractivity contribution >= 4 is 38.9 Å². The van der Waals surface area contributed by atoms with E-state index in [1.54, 1.807) is 12.1 Å². The Hall–Kier alpha value is -0.780. The fraction of sp³-hybridized carbons (Fsp3) is 0.462. The van der Waals surface area contributed by atoms with Crippen LogP contribution in [0.25, 0.3) is 0 Å². The Labute approximate surface area is 128 Å². The van der Waals surface area contributed by atoms with Gasteiger partial charge in [-0.05, 0) is 37.0 Å². The van der Waals surface area contributed by atoms with Crippen molar-refractivity contribution in [3.8, 4) is 0 Å². The van der Waals surface area contributed by atoms with Crippen molar-refractivity contribution in [3.05, 3.63) is 33.8 Å². The summed E-state index contributed by atoms with van der Waals surface area (Å²) in [6.45, 7) is 0.458. The van der Waals surface area contributed by atoms with Gasteiger partial charge in [-0.1, -0.05) is 23.2 Å². The minimum atomic E-state index is -2.85. The molecule has 1 fully saturated rings. The molecule has 20 heavy (non-hydrogen) atoms. The first kappa shape index (κ1) is 15.6. The van der Waals surface area contributed by atoms with E-state index in [1.807, 2.05) is 0 Å². The maximum absolute atomic E-state index is 11.9. The molecule has 4 nitrogen and oxygen atoms in total. The van der Waals surface area contributed by atoms with Crippen molar-refractivity contribution < 1.29 is 13.2 Å². The molecule has 1 heterocycles. The van der Waals surface area contributed by atoms with Crippen LogP contribution in [-0.4, -0.2) is 32.4 Å². The van der Waals surface area contributed by atoms with Crippen LogP contribution in [0.1, 0.15) is 23.2 Å². The van der Waals surface area contributed by atoms with Crippen LogP contribution in [0, 0.1) is 5.92 Å². The highest BCUT2D eigenvalue weighted by Gasteiger charge is 2.27. The monoisotopic (exact) mass is 335 g/mol. The molecular weight excluding hydrogens is 321 g/mol. The number of nitrogens with one attached hydrogen (secondary N) is 1. The largest absolute Gasteiger partial charge is 0.352 e. The Morgan fingerprint density at radius 2 is 2.05 bits per heavy atom. The van der Waals surface area contributed by atoms with Crippen LogP contribution in [-0.2, 0) is 9.84 Å². The molecule has 0 spiro atoms. The highest BCUT2D eigenvalue weighted by atomic mass is 35.5. The van der Waals surface area contributed by atoms with Crippen molar-refractivity contribution in [2.24, 2.45) is 5.92 Å². The Bertz CT molecular complexity index is 616. The zero-order chi connectivity index (χ0) is 14.8. The first-order valence-electron chi connectivity index (χ1n) is 6.31. The summed E-state index contributed by atoms with van der Waals surface area (Å²) in [5.41, 5.74) is 0.443. The predicted molar refractivity (Wildman–Crippen MR) is 80.2 cm³/mol. The van der Waals surface area contributed by atoms with Gasteiger partial charge in [0.15, 0.2) is 9.84 Å². The van der Waals surface area contributed by atoms with Crippen molar-refractivity contribution in [2.75, 3.05) is 18.1 Å². The number of sulfone groups is 1. The summed E-state index contributed by atoms with van der Waals surface area (Å²) in [5, 5.41) is 3.50. The summed E-state index contributed by atoms with van der Waals surface area (Å²) < 4.78 is 22.6. The molecule has 0 bridgehead atoms. The third-order valence-electron chi connectivity index (χ3n) is 3.35. The maximum Gasteiger partial charge on any atom is 0.251 e. The second kappa shape index (κ2) is 6.33. The number of amides is 1. The van der Waals surface area contributed by atoms with E-state index in [0.717, 1.165) is 0 Å². The summed E-state index contributed by atoms with van der Waals surface area (Å²) in [4.78, 5) is 11.9. The van der Waals surface area contributed by atoms with Gasteiger partial charge in [-0.25, -0.2) is 8.42 Å². The molecule has 1 atom stereocenters. The summed E-state index contributed by atoms with van der Waals surface area (Å²) in [6.07, 6.45) is 1.36. The van der Waals surface area contributed by atoms with Crippen LogP contribution < -0.4 is 5.32 Å². The average molecular weight is 336 g/mol. The van der Waals surface area contributed by atoms with E-state index in [4.69, 9.17) is 23.2 Å². The van der Waals surface area contributed by atoms with Crippen molar-refractivity contribution in [2.45, 2.75) is 12.8 Å². The number of rotatable bonds is 4. The molecular formula is C13H15Cl2NO3S. The Morgan fingerprint density at radius 1 is 1.30 bits per heavy atom. The molecule has 1 N–H and O–H groups in total. The highest BCUT2D eigenvalue weighted by Crippen LogP contribution is 2.23. The normalized spacial score (nSPS) is 20.8. The van der Waals surface area contributed by atoms with E-state index in [2.05, 4.69) is 5.32 Å². The van der Waals surface area contributed by atoms with Crippen molar-refractivity contribution in [1.29, 1.82) is 0 Å². The SMILES string of the molecule is O=C(NCCC1CCS(=O)(=O)C1)c1ccc(Cl)c(Cl)c1. The summed E-state index contributed by atoms with van der Waals surface area (Å²) in [7, 11) is -2.85. The Morgan fingerprint density at radius 3 is 2.65 bits per heavy atom. The molecule has 1 unspecified atom stereocenters. The van der Waals surface area contributed by atoms with Crippen molar-refractivity contribution in [1.82, 2.24) is 5.32 Å². The second-order valence-corrected chi connectivity index (χ2v) is 7.99. The fourth-order valence-corrected chi connectivity index (χ4v) is 4.44. The van der Waals surface area contributed by atoms with Crippen LogP contribution >= 0.6 is 23.2 Å². The Kier molecular flexibility index (Phi) is 4.94. The molecule has 1 saturated heterocycles. The van der Waals surface area contributed by atoms with E-state index >= 15 is 0 Å². The second-order valence-electron chi connectivity index (χ2n) is 4.94. The lowest BCUT2D eigenvalue weighted by Gasteiger charge is -2.09. The average Bonchev–Trinajstić information content (AvgIpc) is 2.72. The minimum absolute atomic E-state index is 0.147. The molecule has 7 heteroatoms. The van der Waals surface area contributed by atoms with Gasteiger partial charge in [0.25, 0.3) is 5.91 Å². The molecule has 1 aromatic carbocycles. The van der Waals surface area contributed by atoms with Gasteiger partial charge in [-0.2, -0.15) is 0 Å². The molecule has 0 aromatic heterocycles. The molecule has 2 rings (SSSR count). The highest BCUT2D eigenvalue weighted by molar-refractivity contribution is 7.91. The number of hydrogen-bond donors (Lipinski definition) is 1. The molecule has 0 aliphatic carbocycles. The van der Waals surface area contributed by atoms with E-state index in [-0.39, 0.29) is 23.3 Å². The van der Waals surface area contributed by atoms with Gasteiger partial charge in [-0.15, -0.1) is 0 Å². The van der Waals surface area contributed by atoms with Gasteiger partial charge in [0.05, 0.1) is 21.6 Å². The van der Waals surface area contributed by atoms with Gasteiger partial charge in [-0.3, -0.25) is 4.79 Å². The van der Waals surface area contributed by atoms with Gasteiger partial charge in [0, 0.05) is 12.1 Å². The number of halogens is 2. The molecule has 0 saturated carbocycles. The van der Waals surface area contributed by atoms with Crippen LogP contribution in [0.4, 0.5) is 0 Å². The van der Waals surface area contributed by atoms with Gasteiger partial charge < -0.3 is 5.32 Å². The maximum atomic E-state index is 11.9. The first-order chi connectivity index (χ1) is 9.37. The lowest BCUT2D eigenvalue weighted by Crippen LogP contribution is -2.26. The smallest absolute Gasteiger partial charge is 0.251 e. The third-order valence-corrected chi connectivity index (χ3v) is 5.92. The topological polar surface area (TPSA) is 63.2 Å². The number of hydrogen-bond acceptors (Lipinski definition) is 3. The number of benzene rings is 1. The first-order valence-corrected chi connectivity index (χ1v) is 8.89. The molecule has 1 aliphatic heterocycles. The van der Waals surface area contributed by atoms with E-state index < -0.39 is 9.84 Å². The Balaban J connectivity index is 1.82. The third kappa shape index (κ3) is 4.11. The van der Waals surface area contributed by atoms with Crippen LogP contribution in [0.15, 0.2) is 18.2 Å². The van der Waals surface area contributed by atoms with Crippen molar-refractivity contribution in [3.63, 3.8) is 0 Å². The standard InChI is InChI=1S/C13H15Cl2NO3S/c14-11-2-1-10(7-12(11)15)13(17)16-5-3-9-4-6-20(18,19)8-9/h1-2,7,9H,3-6,8H2,(H,16,17). The lowest BCUT2D eigenvalue weighted by molar-refractivity contribution is 0.0952. The zero-order valence-electron chi connectivity index (χ0n) is 10.7. The summed E-state index contributed by atoms with van der Waals surface area (Å²) in [5.74, 6) is 0.409. The molecule has 1 aliphatic rings. The quantitative estimate of drug-likeness (QED) is 0.919. The predicted octanol–water partition coefficient (Wildman–Crippen LogP) is 2.55. The molecule has 0 radical (unpaired) electrons. The van der Waals surface area contributed by atoms with Gasteiger partial charge in [0.1, 0.15) is 0 Å². The molecule has 110 valence electrons. The molecule has 1 amide bonds. The summed E-state index contributed by atoms with van der Waals surface area (Å²) >= 11 is 11.6. The van der Waals surface area contributed by atoms with Crippen LogP contribution in [0.5, 0.6) is 0 Å². The van der Waals surface area contributed by atoms with Gasteiger partial charge >= 0.3 is 0 Å². The number of carbonyl (C=O) groups is 1. The van der Waals surface area contributed by atoms with E-state index in [0.29, 0.717) is 35.0 Å². The van der Waals surface area contributed by atoms with Crippen LogP contribution in [0.3, 0.4) is 0 Å². The van der Waals surface area contributed by atoms with E-state index in [1.165, 1.54) is 6.07 Å². The fourth-order valence-electron chi connectivity index (χ4n) is 2.23. The van der Waals surface area contributed by atoms with E-state index in [9.17, 15) is 13.2 Å².